The van der Waals surface area contributed by atoms with Crippen LogP contribution in [0.4, 0.5) is 36.1 Å². The standard InChI is InChI=1S/C47H54F3N9O5/c48-47(49,50)42-25-37(4-3-35(42)26-51)56-17-12-34(13-18-56)44(62)53-43-8-6-38(27-52-43)57-15-10-32(11-16-57)28-55-14-9-33(30-55)29-54-19-21-58(22-20-54)36-5-7-40-41(24-36)46(64)59(45(40)63)39(31-61)2-1-23-60/h3-8,23-25,27,31-34,39H,1-2,9-22,28-30H2,(H,52,53,62). The lowest BCUT2D eigenvalue weighted by Crippen LogP contribution is -2.48. The van der Waals surface area contributed by atoms with Crippen LogP contribution in [0.3, 0.4) is 0 Å². The summed E-state index contributed by atoms with van der Waals surface area (Å²) >= 11 is 0. The van der Waals surface area contributed by atoms with Gasteiger partial charge in [0.25, 0.3) is 11.8 Å². The second-order valence-electron chi connectivity index (χ2n) is 17.8. The van der Waals surface area contributed by atoms with Gasteiger partial charge in [-0.1, -0.05) is 0 Å². The Labute approximate surface area is 370 Å². The highest BCUT2D eigenvalue weighted by atomic mass is 19.4. The predicted molar refractivity (Wildman–Crippen MR) is 234 cm³/mol. The number of fused-ring (bicyclic) bond motifs is 1. The monoisotopic (exact) mass is 881 g/mol. The molecule has 1 N–H and O–H groups in total. The fourth-order valence-electron chi connectivity index (χ4n) is 10.1. The van der Waals surface area contributed by atoms with E-state index in [-0.39, 0.29) is 24.7 Å². The number of nitrogens with zero attached hydrogens (tertiary/aromatic N) is 8. The number of anilines is 4. The van der Waals surface area contributed by atoms with Gasteiger partial charge in [-0.2, -0.15) is 18.4 Å². The lowest BCUT2D eigenvalue weighted by Gasteiger charge is -2.37. The summed E-state index contributed by atoms with van der Waals surface area (Å²) in [4.78, 5) is 79.0. The van der Waals surface area contributed by atoms with Gasteiger partial charge in [0.2, 0.25) is 5.91 Å². The van der Waals surface area contributed by atoms with Crippen molar-refractivity contribution < 1.29 is 37.1 Å². The Balaban J connectivity index is 0.727. The zero-order chi connectivity index (χ0) is 45.0. The quantitative estimate of drug-likeness (QED) is 0.165. The van der Waals surface area contributed by atoms with Crippen LogP contribution in [-0.2, 0) is 20.6 Å². The minimum absolute atomic E-state index is 0.0939. The lowest BCUT2D eigenvalue weighted by molar-refractivity contribution is -0.137. The Hall–Kier alpha value is -5.86. The van der Waals surface area contributed by atoms with Crippen LogP contribution in [0.15, 0.2) is 54.7 Å². The number of nitrogens with one attached hydrogen (secondary N) is 1. The molecule has 338 valence electrons. The first kappa shape index (κ1) is 44.7. The van der Waals surface area contributed by atoms with Crippen LogP contribution in [0.5, 0.6) is 0 Å². The molecule has 5 aliphatic heterocycles. The van der Waals surface area contributed by atoms with E-state index in [2.05, 4.69) is 29.9 Å². The molecular weight excluding hydrogens is 828 g/mol. The first-order valence-corrected chi connectivity index (χ1v) is 22.4. The van der Waals surface area contributed by atoms with Crippen molar-refractivity contribution in [1.82, 2.24) is 19.7 Å². The second kappa shape index (κ2) is 19.5. The van der Waals surface area contributed by atoms with Gasteiger partial charge in [-0.25, -0.2) is 4.98 Å². The fourth-order valence-corrected chi connectivity index (χ4v) is 10.1. The van der Waals surface area contributed by atoms with Crippen LogP contribution in [0, 0.1) is 29.1 Å². The number of hydrogen-bond donors (Lipinski definition) is 1. The van der Waals surface area contributed by atoms with E-state index in [1.807, 2.05) is 23.1 Å². The van der Waals surface area contributed by atoms with Gasteiger partial charge in [0.05, 0.1) is 46.2 Å². The molecule has 4 saturated heterocycles. The molecule has 0 spiro atoms. The van der Waals surface area contributed by atoms with Crippen molar-refractivity contribution in [3.63, 3.8) is 0 Å². The number of rotatable bonds is 14. The second-order valence-corrected chi connectivity index (χ2v) is 17.8. The number of halogens is 3. The van der Waals surface area contributed by atoms with Crippen molar-refractivity contribution in [2.24, 2.45) is 17.8 Å². The number of carbonyl (C=O) groups is 5. The number of likely N-dealkylation sites (tertiary alicyclic amines) is 1. The Morgan fingerprint density at radius 1 is 0.766 bits per heavy atom. The summed E-state index contributed by atoms with van der Waals surface area (Å²) < 4.78 is 40.5. The first-order chi connectivity index (χ1) is 30.9. The van der Waals surface area contributed by atoms with E-state index in [1.54, 1.807) is 24.4 Å². The van der Waals surface area contributed by atoms with Crippen molar-refractivity contribution in [2.45, 2.75) is 57.2 Å². The summed E-state index contributed by atoms with van der Waals surface area (Å²) in [5, 5.41) is 12.0. The number of amides is 3. The summed E-state index contributed by atoms with van der Waals surface area (Å²) in [5.41, 5.74) is 1.55. The molecule has 0 bridgehead atoms. The smallest absolute Gasteiger partial charge is 0.371 e. The Morgan fingerprint density at radius 3 is 2.06 bits per heavy atom. The van der Waals surface area contributed by atoms with Gasteiger partial charge in [0, 0.05) is 95.7 Å². The highest BCUT2D eigenvalue weighted by molar-refractivity contribution is 6.22. The molecule has 2 atom stereocenters. The van der Waals surface area contributed by atoms with Gasteiger partial charge in [0.15, 0.2) is 0 Å². The molecule has 2 aromatic carbocycles. The maximum Gasteiger partial charge on any atom is 0.417 e. The van der Waals surface area contributed by atoms with Gasteiger partial charge >= 0.3 is 6.18 Å². The molecule has 0 radical (unpaired) electrons. The number of piperazine rings is 1. The van der Waals surface area contributed by atoms with Gasteiger partial charge < -0.3 is 34.5 Å². The van der Waals surface area contributed by atoms with Crippen LogP contribution in [-0.4, -0.2) is 135 Å². The zero-order valence-electron chi connectivity index (χ0n) is 35.8. The summed E-state index contributed by atoms with van der Waals surface area (Å²) in [6, 6.07) is 13.5. The van der Waals surface area contributed by atoms with Crippen molar-refractivity contribution >= 4 is 53.2 Å². The molecule has 6 heterocycles. The van der Waals surface area contributed by atoms with Crippen LogP contribution in [0.25, 0.3) is 0 Å². The van der Waals surface area contributed by atoms with Gasteiger partial charge in [-0.3, -0.25) is 24.2 Å². The van der Waals surface area contributed by atoms with Crippen molar-refractivity contribution in [3.8, 4) is 6.07 Å². The maximum absolute atomic E-state index is 13.5. The third kappa shape index (κ3) is 9.93. The fraction of sp³-hybridized carbons (Fsp3) is 0.511. The molecule has 8 rings (SSSR count). The summed E-state index contributed by atoms with van der Waals surface area (Å²) in [6.45, 7) is 10.5. The van der Waals surface area contributed by atoms with E-state index < -0.39 is 35.2 Å². The van der Waals surface area contributed by atoms with Crippen LogP contribution >= 0.6 is 0 Å². The van der Waals surface area contributed by atoms with Crippen molar-refractivity contribution in [2.75, 3.05) is 98.6 Å². The van der Waals surface area contributed by atoms with E-state index in [4.69, 9.17) is 5.26 Å². The lowest BCUT2D eigenvalue weighted by atomic mass is 9.95. The van der Waals surface area contributed by atoms with E-state index in [1.165, 1.54) is 18.6 Å². The molecule has 64 heavy (non-hydrogen) atoms. The molecule has 17 heteroatoms. The number of pyridine rings is 1. The largest absolute Gasteiger partial charge is 0.417 e. The van der Waals surface area contributed by atoms with E-state index in [0.717, 1.165) is 101 Å². The molecule has 1 aromatic heterocycles. The number of carbonyl (C=O) groups excluding carboxylic acids is 5. The summed E-state index contributed by atoms with van der Waals surface area (Å²) in [7, 11) is 0. The number of aromatic nitrogens is 1. The molecular formula is C47H54F3N9O5. The molecule has 14 nitrogen and oxygen atoms in total. The topological polar surface area (TPSA) is 154 Å². The Kier molecular flexibility index (Phi) is 13.6. The normalized spacial score (nSPS) is 20.9. The SMILES string of the molecule is N#Cc1ccc(N2CCC(C(=O)Nc3ccc(N4CCC(CN5CCC(CN6CCN(c7ccc8c(c7)C(=O)N(C(C=O)CCC=O)C8=O)CC6)C5)CC4)cn3)CC2)cc1C(F)(F)F. The van der Waals surface area contributed by atoms with Gasteiger partial charge in [0.1, 0.15) is 18.4 Å². The highest BCUT2D eigenvalue weighted by Crippen LogP contribution is 2.36. The number of hydrogen-bond acceptors (Lipinski definition) is 12. The number of imide groups is 1. The minimum Gasteiger partial charge on any atom is -0.371 e. The number of alkyl halides is 3. The Morgan fingerprint density at radius 2 is 1.39 bits per heavy atom. The zero-order valence-corrected chi connectivity index (χ0v) is 35.8. The molecule has 5 aliphatic rings. The summed E-state index contributed by atoms with van der Waals surface area (Å²) in [6.07, 6.45) is 3.00. The van der Waals surface area contributed by atoms with Crippen molar-refractivity contribution in [1.29, 1.82) is 5.26 Å². The van der Waals surface area contributed by atoms with E-state index in [0.29, 0.717) is 73.0 Å². The number of nitriles is 1. The molecule has 0 saturated carbocycles. The third-order valence-corrected chi connectivity index (χ3v) is 13.7. The van der Waals surface area contributed by atoms with Crippen LogP contribution in [0.1, 0.15) is 76.8 Å². The number of piperidine rings is 2. The predicted octanol–water partition coefficient (Wildman–Crippen LogP) is 5.33. The average Bonchev–Trinajstić information content (AvgIpc) is 3.86. The molecule has 2 unspecified atom stereocenters. The van der Waals surface area contributed by atoms with Gasteiger partial charge in [-0.15, -0.1) is 0 Å². The van der Waals surface area contributed by atoms with E-state index >= 15 is 0 Å². The first-order valence-electron chi connectivity index (χ1n) is 22.4. The van der Waals surface area contributed by atoms with Crippen LogP contribution < -0.4 is 20.0 Å². The molecule has 3 aromatic rings. The molecule has 4 fully saturated rings. The number of aldehydes is 2. The Bertz CT molecular complexity index is 2240. The van der Waals surface area contributed by atoms with Crippen molar-refractivity contribution in [3.05, 3.63) is 77.0 Å². The summed E-state index contributed by atoms with van der Waals surface area (Å²) in [5.74, 6) is 0.311. The number of benzene rings is 2. The van der Waals surface area contributed by atoms with Crippen LogP contribution in [0.2, 0.25) is 0 Å². The molecule has 3 amide bonds. The third-order valence-electron chi connectivity index (χ3n) is 13.7. The highest BCUT2D eigenvalue weighted by Gasteiger charge is 2.41. The molecule has 0 aliphatic carbocycles. The maximum atomic E-state index is 13.5. The average molecular weight is 882 g/mol. The van der Waals surface area contributed by atoms with Gasteiger partial charge in [-0.05, 0) is 105 Å². The minimum atomic E-state index is -4.62. The van der Waals surface area contributed by atoms with E-state index in [9.17, 15) is 37.1 Å².